The number of rotatable bonds is 11. The fourth-order valence-electron chi connectivity index (χ4n) is 4.65. The number of carbonyl (C=O) groups excluding carboxylic acids is 1. The van der Waals surface area contributed by atoms with Crippen LogP contribution in [0.4, 0.5) is 0 Å². The average Bonchev–Trinajstić information content (AvgIpc) is 3.37. The molecule has 0 bridgehead atoms. The van der Waals surface area contributed by atoms with Gasteiger partial charge in [-0.1, -0.05) is 30.3 Å². The maximum absolute atomic E-state index is 12.4. The fourth-order valence-corrected chi connectivity index (χ4v) is 4.65. The van der Waals surface area contributed by atoms with E-state index in [0.29, 0.717) is 6.54 Å². The van der Waals surface area contributed by atoms with Crippen LogP contribution in [0.1, 0.15) is 36.8 Å². The van der Waals surface area contributed by atoms with Gasteiger partial charge >= 0.3 is 0 Å². The first-order chi connectivity index (χ1) is 16.2. The lowest BCUT2D eigenvalue weighted by atomic mass is 9.85. The molecule has 172 valence electrons. The number of methoxy groups -OCH3 is 2. The van der Waals surface area contributed by atoms with Gasteiger partial charge in [0.25, 0.3) is 0 Å². The van der Waals surface area contributed by atoms with Crippen molar-refractivity contribution in [3.8, 4) is 11.5 Å². The Morgan fingerprint density at radius 2 is 1.79 bits per heavy atom. The molecule has 2 aromatic carbocycles. The predicted octanol–water partition coefficient (Wildman–Crippen LogP) is 4.86. The van der Waals surface area contributed by atoms with Gasteiger partial charge in [-0.2, -0.15) is 0 Å². The molecule has 1 N–H and O–H groups in total. The third-order valence-corrected chi connectivity index (χ3v) is 6.60. The number of ether oxygens (including phenoxy) is 2. The summed E-state index contributed by atoms with van der Waals surface area (Å²) in [4.78, 5) is 16.6. The Bertz CT molecular complexity index is 1020. The summed E-state index contributed by atoms with van der Waals surface area (Å²) in [5, 5.41) is 3.02. The number of hydrogen-bond acceptors (Lipinski definition) is 4. The first-order valence-corrected chi connectivity index (χ1v) is 11.6. The first-order valence-electron chi connectivity index (χ1n) is 11.6. The van der Waals surface area contributed by atoms with E-state index >= 15 is 0 Å². The van der Waals surface area contributed by atoms with Gasteiger partial charge in [-0.3, -0.25) is 9.79 Å². The molecule has 4 rings (SSSR count). The number of allylic oxidation sites excluding steroid dienone is 2. The van der Waals surface area contributed by atoms with Gasteiger partial charge < -0.3 is 14.8 Å². The van der Waals surface area contributed by atoms with Crippen molar-refractivity contribution < 1.29 is 14.3 Å². The zero-order chi connectivity index (χ0) is 23.1. The van der Waals surface area contributed by atoms with Crippen LogP contribution in [0.25, 0.3) is 0 Å². The third-order valence-electron chi connectivity index (χ3n) is 6.60. The smallest absolute Gasteiger partial charge is 0.243 e. The van der Waals surface area contributed by atoms with Gasteiger partial charge in [-0.25, -0.2) is 0 Å². The standard InChI is InChI=1S/C28H32N2O3/c1-32-25-10-5-8-22(17-25)28(23-9-6-11-26(18-23)33-2)19-24(28)12-13-27(31)30-15-4-3-7-21-14-16-29-20-21/h5-6,8-14,16-18,24H,3-4,7,15,19-20H2,1-2H3,(H,30,31)/t24-/m1/s1. The maximum Gasteiger partial charge on any atom is 0.243 e. The minimum Gasteiger partial charge on any atom is -0.497 e. The van der Waals surface area contributed by atoms with E-state index in [0.717, 1.165) is 43.7 Å². The summed E-state index contributed by atoms with van der Waals surface area (Å²) in [6.45, 7) is 1.53. The van der Waals surface area contributed by atoms with Gasteiger partial charge in [0.2, 0.25) is 5.91 Å². The summed E-state index contributed by atoms with van der Waals surface area (Å²) in [5.74, 6) is 1.87. The summed E-state index contributed by atoms with van der Waals surface area (Å²) in [6.07, 6.45) is 11.7. The van der Waals surface area contributed by atoms with Crippen molar-refractivity contribution in [2.24, 2.45) is 10.9 Å². The van der Waals surface area contributed by atoms with Gasteiger partial charge in [0, 0.05) is 18.2 Å². The van der Waals surface area contributed by atoms with Crippen LogP contribution in [0.2, 0.25) is 0 Å². The molecule has 2 aliphatic rings. The van der Waals surface area contributed by atoms with Gasteiger partial charge in [0.1, 0.15) is 11.5 Å². The Hall–Kier alpha value is -3.34. The van der Waals surface area contributed by atoms with Crippen LogP contribution in [0.15, 0.2) is 77.3 Å². The van der Waals surface area contributed by atoms with Crippen LogP contribution in [-0.4, -0.2) is 39.4 Å². The lowest BCUT2D eigenvalue weighted by Gasteiger charge is -2.20. The number of unbranched alkanes of at least 4 members (excludes halogenated alkanes) is 1. The second kappa shape index (κ2) is 10.5. The molecule has 5 nitrogen and oxygen atoms in total. The quantitative estimate of drug-likeness (QED) is 0.398. The maximum atomic E-state index is 12.4. The molecule has 0 unspecified atom stereocenters. The van der Waals surface area contributed by atoms with Crippen molar-refractivity contribution in [1.29, 1.82) is 0 Å². The second-order valence-corrected chi connectivity index (χ2v) is 8.67. The van der Waals surface area contributed by atoms with E-state index in [1.165, 1.54) is 16.7 Å². The highest BCUT2D eigenvalue weighted by Crippen LogP contribution is 2.60. The highest BCUT2D eigenvalue weighted by Gasteiger charge is 2.55. The summed E-state index contributed by atoms with van der Waals surface area (Å²) in [5.41, 5.74) is 3.57. The van der Waals surface area contributed by atoms with E-state index in [-0.39, 0.29) is 17.2 Å². The molecular weight excluding hydrogens is 412 g/mol. The number of benzene rings is 2. The van der Waals surface area contributed by atoms with Crippen LogP contribution < -0.4 is 14.8 Å². The van der Waals surface area contributed by atoms with Crippen LogP contribution >= 0.6 is 0 Å². The molecule has 1 heterocycles. The fraction of sp³-hybridized carbons (Fsp3) is 0.357. The normalized spacial score (nSPS) is 18.2. The van der Waals surface area contributed by atoms with Crippen molar-refractivity contribution in [1.82, 2.24) is 5.32 Å². The highest BCUT2D eigenvalue weighted by molar-refractivity contribution is 5.87. The Balaban J connectivity index is 1.39. The Labute approximate surface area is 196 Å². The summed E-state index contributed by atoms with van der Waals surface area (Å²) >= 11 is 0. The van der Waals surface area contributed by atoms with Crippen molar-refractivity contribution in [3.63, 3.8) is 0 Å². The zero-order valence-electron chi connectivity index (χ0n) is 19.4. The number of aliphatic imine (C=N–C) groups is 1. The van der Waals surface area contributed by atoms with E-state index in [9.17, 15) is 4.79 Å². The summed E-state index contributed by atoms with van der Waals surface area (Å²) < 4.78 is 10.9. The Morgan fingerprint density at radius 3 is 2.39 bits per heavy atom. The van der Waals surface area contributed by atoms with Crippen molar-refractivity contribution in [3.05, 3.63) is 83.5 Å². The molecule has 0 radical (unpaired) electrons. The molecule has 2 aromatic rings. The lowest BCUT2D eigenvalue weighted by Crippen LogP contribution is -2.22. The van der Waals surface area contributed by atoms with Crippen molar-refractivity contribution in [2.75, 3.05) is 27.3 Å². The highest BCUT2D eigenvalue weighted by atomic mass is 16.5. The Kier molecular flexibility index (Phi) is 7.28. The number of nitrogens with zero attached hydrogens (tertiary/aromatic N) is 1. The monoisotopic (exact) mass is 444 g/mol. The van der Waals surface area contributed by atoms with Gasteiger partial charge in [0.15, 0.2) is 0 Å². The molecule has 1 aliphatic heterocycles. The first kappa shape index (κ1) is 22.8. The van der Waals surface area contributed by atoms with Crippen LogP contribution in [0.5, 0.6) is 11.5 Å². The molecule has 1 aliphatic carbocycles. The number of carbonyl (C=O) groups is 1. The van der Waals surface area contributed by atoms with Gasteiger partial charge in [-0.05, 0) is 84.7 Å². The molecule has 0 spiro atoms. The van der Waals surface area contributed by atoms with Crippen LogP contribution in [0.3, 0.4) is 0 Å². The average molecular weight is 445 g/mol. The largest absolute Gasteiger partial charge is 0.497 e. The zero-order valence-corrected chi connectivity index (χ0v) is 19.4. The number of hydrogen-bond donors (Lipinski definition) is 1. The second-order valence-electron chi connectivity index (χ2n) is 8.67. The summed E-state index contributed by atoms with van der Waals surface area (Å²) in [6, 6.07) is 16.4. The molecule has 1 amide bonds. The molecule has 1 saturated carbocycles. The molecule has 1 atom stereocenters. The van der Waals surface area contributed by atoms with E-state index in [1.807, 2.05) is 30.5 Å². The molecule has 0 aromatic heterocycles. The SMILES string of the molecule is COc1cccc(C2(c3cccc(OC)c3)C[C@H]2C=CC(=O)NCCCCC2=CC=NC2)c1. The van der Waals surface area contributed by atoms with E-state index < -0.39 is 0 Å². The van der Waals surface area contributed by atoms with E-state index in [1.54, 1.807) is 20.3 Å². The van der Waals surface area contributed by atoms with Crippen molar-refractivity contribution in [2.45, 2.75) is 31.1 Å². The van der Waals surface area contributed by atoms with E-state index in [4.69, 9.17) is 9.47 Å². The van der Waals surface area contributed by atoms with Crippen LogP contribution in [-0.2, 0) is 10.2 Å². The minimum absolute atomic E-state index is 0.0319. The Morgan fingerprint density at radius 1 is 1.09 bits per heavy atom. The molecule has 1 fully saturated rings. The molecule has 33 heavy (non-hydrogen) atoms. The summed E-state index contributed by atoms with van der Waals surface area (Å²) in [7, 11) is 3.37. The van der Waals surface area contributed by atoms with Crippen molar-refractivity contribution >= 4 is 12.1 Å². The van der Waals surface area contributed by atoms with E-state index in [2.05, 4.69) is 46.7 Å². The molecular formula is C28H32N2O3. The van der Waals surface area contributed by atoms with Crippen LogP contribution in [0, 0.1) is 5.92 Å². The third kappa shape index (κ3) is 5.36. The predicted molar refractivity (Wildman–Crippen MR) is 132 cm³/mol. The van der Waals surface area contributed by atoms with Gasteiger partial charge in [0.05, 0.1) is 20.8 Å². The molecule has 5 heteroatoms. The number of nitrogens with one attached hydrogen (secondary N) is 1. The topological polar surface area (TPSA) is 59.9 Å². The lowest BCUT2D eigenvalue weighted by molar-refractivity contribution is -0.116. The van der Waals surface area contributed by atoms with Gasteiger partial charge in [-0.15, -0.1) is 0 Å². The minimum atomic E-state index is -0.184. The molecule has 0 saturated heterocycles. The number of amides is 1.